The maximum atomic E-state index is 4.27. The van der Waals surface area contributed by atoms with Crippen molar-refractivity contribution in [2.75, 3.05) is 17.2 Å². The van der Waals surface area contributed by atoms with Gasteiger partial charge in [0.1, 0.15) is 0 Å². The molecular weight excluding hydrogens is 332 g/mol. The van der Waals surface area contributed by atoms with Crippen LogP contribution in [0.3, 0.4) is 0 Å². The van der Waals surface area contributed by atoms with Crippen molar-refractivity contribution in [3.05, 3.63) is 97.3 Å². The lowest BCUT2D eigenvalue weighted by molar-refractivity contribution is 0.638. The van der Waals surface area contributed by atoms with E-state index < -0.39 is 0 Å². The van der Waals surface area contributed by atoms with Crippen molar-refractivity contribution >= 4 is 17.1 Å². The van der Waals surface area contributed by atoms with E-state index in [1.165, 1.54) is 11.1 Å². The number of rotatable bonds is 7. The lowest BCUT2D eigenvalue weighted by atomic mass is 10.0. The van der Waals surface area contributed by atoms with Crippen molar-refractivity contribution < 1.29 is 0 Å². The first-order valence-corrected chi connectivity index (χ1v) is 9.11. The first-order chi connectivity index (χ1) is 13.4. The van der Waals surface area contributed by atoms with Crippen molar-refractivity contribution in [2.24, 2.45) is 0 Å². The molecule has 0 bridgehead atoms. The Bertz CT molecular complexity index is 964. The molecule has 1 aromatic heterocycles. The zero-order valence-corrected chi connectivity index (χ0v) is 15.0. The second-order valence-electron chi connectivity index (χ2n) is 6.31. The molecule has 1 heterocycles. The van der Waals surface area contributed by atoms with E-state index in [0.717, 1.165) is 30.2 Å². The first-order valence-electron chi connectivity index (χ1n) is 9.11. The van der Waals surface area contributed by atoms with Crippen LogP contribution >= 0.6 is 0 Å². The quantitative estimate of drug-likeness (QED) is 0.466. The Morgan fingerprint density at radius 3 is 2.30 bits per heavy atom. The zero-order valence-electron chi connectivity index (χ0n) is 15.0. The summed E-state index contributed by atoms with van der Waals surface area (Å²) in [5, 5.41) is 11.3. The Balaban J connectivity index is 1.58. The molecular formula is C23H22N4. The van der Waals surface area contributed by atoms with Crippen LogP contribution in [0.4, 0.5) is 17.1 Å². The van der Waals surface area contributed by atoms with E-state index in [-0.39, 0.29) is 0 Å². The van der Waals surface area contributed by atoms with Gasteiger partial charge >= 0.3 is 0 Å². The first kappa shape index (κ1) is 16.9. The summed E-state index contributed by atoms with van der Waals surface area (Å²) in [6.45, 7) is 1.62. The highest BCUT2D eigenvalue weighted by Gasteiger charge is 2.07. The van der Waals surface area contributed by atoms with Gasteiger partial charge in [0.2, 0.25) is 0 Å². The summed E-state index contributed by atoms with van der Waals surface area (Å²) in [6.07, 6.45) is 3.78. The van der Waals surface area contributed by atoms with Crippen LogP contribution in [-0.2, 0) is 6.54 Å². The lowest BCUT2D eigenvalue weighted by Gasteiger charge is -2.15. The Morgan fingerprint density at radius 1 is 0.778 bits per heavy atom. The SMILES string of the molecule is c1ccc(Nc2ccc(-c3ccccc3)c(NCCn3cccn3)c2)cc1. The standard InChI is InChI=1S/C23H22N4/c1-3-8-19(9-4-1)22-13-12-21(26-20-10-5-2-6-11-20)18-23(22)24-15-17-27-16-7-14-25-27/h1-14,16,18,24,26H,15,17H2. The summed E-state index contributed by atoms with van der Waals surface area (Å²) < 4.78 is 1.93. The third-order valence-corrected chi connectivity index (χ3v) is 4.38. The topological polar surface area (TPSA) is 41.9 Å². The number of hydrogen-bond donors (Lipinski definition) is 2. The number of hydrogen-bond acceptors (Lipinski definition) is 3. The highest BCUT2D eigenvalue weighted by Crippen LogP contribution is 2.31. The fourth-order valence-corrected chi connectivity index (χ4v) is 3.06. The van der Waals surface area contributed by atoms with Crippen molar-refractivity contribution in [2.45, 2.75) is 6.54 Å². The number of anilines is 3. The van der Waals surface area contributed by atoms with E-state index in [9.17, 15) is 0 Å². The minimum Gasteiger partial charge on any atom is -0.383 e. The van der Waals surface area contributed by atoms with Crippen LogP contribution in [0.15, 0.2) is 97.3 Å². The van der Waals surface area contributed by atoms with E-state index >= 15 is 0 Å². The molecule has 4 nitrogen and oxygen atoms in total. The molecule has 0 aliphatic rings. The number of nitrogens with one attached hydrogen (secondary N) is 2. The van der Waals surface area contributed by atoms with Crippen LogP contribution in [0.1, 0.15) is 0 Å². The third kappa shape index (κ3) is 4.36. The van der Waals surface area contributed by atoms with E-state index in [0.29, 0.717) is 0 Å². The largest absolute Gasteiger partial charge is 0.383 e. The Kier molecular flexibility index (Phi) is 5.16. The van der Waals surface area contributed by atoms with Crippen LogP contribution in [-0.4, -0.2) is 16.3 Å². The van der Waals surface area contributed by atoms with Gasteiger partial charge in [-0.15, -0.1) is 0 Å². The van der Waals surface area contributed by atoms with Gasteiger partial charge in [0, 0.05) is 41.6 Å². The monoisotopic (exact) mass is 354 g/mol. The number of aromatic nitrogens is 2. The van der Waals surface area contributed by atoms with Gasteiger partial charge in [0.15, 0.2) is 0 Å². The van der Waals surface area contributed by atoms with Gasteiger partial charge in [0.05, 0.1) is 6.54 Å². The molecule has 2 N–H and O–H groups in total. The van der Waals surface area contributed by atoms with E-state index in [1.54, 1.807) is 6.20 Å². The van der Waals surface area contributed by atoms with Crippen LogP contribution in [0.25, 0.3) is 11.1 Å². The summed E-state index contributed by atoms with van der Waals surface area (Å²) in [6, 6.07) is 29.1. The molecule has 4 rings (SSSR count). The molecule has 4 aromatic rings. The Morgan fingerprint density at radius 2 is 1.56 bits per heavy atom. The summed E-state index contributed by atoms with van der Waals surface area (Å²) in [5.74, 6) is 0. The number of para-hydroxylation sites is 1. The van der Waals surface area contributed by atoms with Gasteiger partial charge in [-0.2, -0.15) is 5.10 Å². The summed E-state index contributed by atoms with van der Waals surface area (Å²) in [4.78, 5) is 0. The van der Waals surface area contributed by atoms with Gasteiger partial charge in [-0.3, -0.25) is 4.68 Å². The predicted octanol–water partition coefficient (Wildman–Crippen LogP) is 5.41. The molecule has 0 aliphatic heterocycles. The highest BCUT2D eigenvalue weighted by atomic mass is 15.3. The molecule has 0 aliphatic carbocycles. The van der Waals surface area contributed by atoms with Crippen LogP contribution in [0, 0.1) is 0 Å². The molecule has 134 valence electrons. The molecule has 0 unspecified atom stereocenters. The predicted molar refractivity (Wildman–Crippen MR) is 112 cm³/mol. The lowest BCUT2D eigenvalue weighted by Crippen LogP contribution is -2.11. The molecule has 0 amide bonds. The van der Waals surface area contributed by atoms with Gasteiger partial charge in [-0.25, -0.2) is 0 Å². The zero-order chi connectivity index (χ0) is 18.3. The summed E-state index contributed by atoms with van der Waals surface area (Å²) in [5.41, 5.74) is 5.63. The van der Waals surface area contributed by atoms with Crippen LogP contribution in [0.5, 0.6) is 0 Å². The van der Waals surface area contributed by atoms with Crippen LogP contribution in [0.2, 0.25) is 0 Å². The molecule has 0 fully saturated rings. The van der Waals surface area contributed by atoms with Crippen LogP contribution < -0.4 is 10.6 Å². The van der Waals surface area contributed by atoms with E-state index in [1.807, 2.05) is 41.2 Å². The molecule has 4 heteroatoms. The number of benzene rings is 3. The van der Waals surface area contributed by atoms with Crippen molar-refractivity contribution in [3.63, 3.8) is 0 Å². The average Bonchev–Trinajstić information content (AvgIpc) is 3.23. The van der Waals surface area contributed by atoms with Gasteiger partial charge in [-0.05, 0) is 35.9 Å². The fraction of sp³-hybridized carbons (Fsp3) is 0.0870. The Labute approximate surface area is 159 Å². The van der Waals surface area contributed by atoms with E-state index in [4.69, 9.17) is 0 Å². The van der Waals surface area contributed by atoms with Gasteiger partial charge < -0.3 is 10.6 Å². The molecule has 3 aromatic carbocycles. The second-order valence-corrected chi connectivity index (χ2v) is 6.31. The van der Waals surface area contributed by atoms with Gasteiger partial charge in [0.25, 0.3) is 0 Å². The normalized spacial score (nSPS) is 10.5. The van der Waals surface area contributed by atoms with Crippen molar-refractivity contribution in [1.29, 1.82) is 0 Å². The molecule has 27 heavy (non-hydrogen) atoms. The smallest absolute Gasteiger partial charge is 0.0582 e. The third-order valence-electron chi connectivity index (χ3n) is 4.38. The summed E-state index contributed by atoms with van der Waals surface area (Å²) >= 11 is 0. The Hall–Kier alpha value is -3.53. The number of nitrogens with zero attached hydrogens (tertiary/aromatic N) is 2. The molecule has 0 atom stereocenters. The molecule has 0 saturated carbocycles. The minimum atomic E-state index is 0.802. The fourth-order valence-electron chi connectivity index (χ4n) is 3.06. The summed E-state index contributed by atoms with van der Waals surface area (Å²) in [7, 11) is 0. The maximum Gasteiger partial charge on any atom is 0.0582 e. The maximum absolute atomic E-state index is 4.27. The van der Waals surface area contributed by atoms with Crippen molar-refractivity contribution in [3.8, 4) is 11.1 Å². The van der Waals surface area contributed by atoms with Crippen molar-refractivity contribution in [1.82, 2.24) is 9.78 Å². The second kappa shape index (κ2) is 8.23. The minimum absolute atomic E-state index is 0.802. The average molecular weight is 354 g/mol. The van der Waals surface area contributed by atoms with Gasteiger partial charge in [-0.1, -0.05) is 54.6 Å². The molecule has 0 saturated heterocycles. The van der Waals surface area contributed by atoms with E-state index in [2.05, 4.69) is 70.3 Å². The molecule has 0 radical (unpaired) electrons. The highest BCUT2D eigenvalue weighted by molar-refractivity contribution is 5.81. The molecule has 0 spiro atoms.